The van der Waals surface area contributed by atoms with Gasteiger partial charge in [0.25, 0.3) is 0 Å². The van der Waals surface area contributed by atoms with Crippen LogP contribution in [0.4, 0.5) is 10.1 Å². The molecule has 5 nitrogen and oxygen atoms in total. The minimum Gasteiger partial charge on any atom is -0.398 e. The summed E-state index contributed by atoms with van der Waals surface area (Å²) in [5.74, 6) is -0.593. The molecule has 17 heavy (non-hydrogen) atoms. The van der Waals surface area contributed by atoms with Gasteiger partial charge in [0.2, 0.25) is 10.0 Å². The van der Waals surface area contributed by atoms with Crippen LogP contribution in [0.25, 0.3) is 0 Å². The van der Waals surface area contributed by atoms with Gasteiger partial charge in [-0.05, 0) is 31.5 Å². The Hall–Kier alpha value is -1.18. The second kappa shape index (κ2) is 5.44. The molecule has 0 fully saturated rings. The van der Waals surface area contributed by atoms with Crippen molar-refractivity contribution in [3.8, 4) is 0 Å². The van der Waals surface area contributed by atoms with Crippen LogP contribution in [0.5, 0.6) is 0 Å². The van der Waals surface area contributed by atoms with Crippen molar-refractivity contribution in [1.82, 2.24) is 4.72 Å². The number of sulfonamides is 1. The van der Waals surface area contributed by atoms with Gasteiger partial charge in [0.15, 0.2) is 0 Å². The van der Waals surface area contributed by atoms with Gasteiger partial charge in [-0.2, -0.15) is 0 Å². The highest BCUT2D eigenvalue weighted by Gasteiger charge is 2.19. The summed E-state index contributed by atoms with van der Waals surface area (Å²) < 4.78 is 38.8. The molecule has 0 heterocycles. The average molecular weight is 262 g/mol. The van der Waals surface area contributed by atoms with Gasteiger partial charge < -0.3 is 10.8 Å². The zero-order valence-corrected chi connectivity index (χ0v) is 10.2. The zero-order chi connectivity index (χ0) is 13.1. The topological polar surface area (TPSA) is 92.4 Å². The van der Waals surface area contributed by atoms with Crippen LogP contribution in [0.1, 0.15) is 13.3 Å². The summed E-state index contributed by atoms with van der Waals surface area (Å²) in [4.78, 5) is -0.163. The summed E-state index contributed by atoms with van der Waals surface area (Å²) in [6, 6.07) is 2.67. The van der Waals surface area contributed by atoms with Gasteiger partial charge >= 0.3 is 0 Å². The van der Waals surface area contributed by atoms with E-state index in [1.165, 1.54) is 0 Å². The maximum Gasteiger partial charge on any atom is 0.242 e. The summed E-state index contributed by atoms with van der Waals surface area (Å²) in [6.07, 6.45) is 0.292. The van der Waals surface area contributed by atoms with E-state index in [9.17, 15) is 12.8 Å². The molecule has 0 amide bonds. The van der Waals surface area contributed by atoms with E-state index in [4.69, 9.17) is 10.8 Å². The molecule has 0 aromatic heterocycles. The Labute approximate surface area is 99.5 Å². The highest BCUT2D eigenvalue weighted by atomic mass is 32.2. The number of aliphatic hydroxyl groups is 1. The van der Waals surface area contributed by atoms with Crippen molar-refractivity contribution in [3.63, 3.8) is 0 Å². The number of nitrogens with one attached hydrogen (secondary N) is 1. The lowest BCUT2D eigenvalue weighted by Crippen LogP contribution is -2.33. The lowest BCUT2D eigenvalue weighted by Gasteiger charge is -2.14. The van der Waals surface area contributed by atoms with Crippen LogP contribution in [0.3, 0.4) is 0 Å². The SMILES string of the molecule is CC(CCO)NS(=O)(=O)c1ccc(F)cc1N. The lowest BCUT2D eigenvalue weighted by molar-refractivity contribution is 0.275. The third-order valence-electron chi connectivity index (χ3n) is 2.18. The Balaban J connectivity index is 2.97. The molecule has 96 valence electrons. The van der Waals surface area contributed by atoms with Crippen molar-refractivity contribution in [1.29, 1.82) is 0 Å². The van der Waals surface area contributed by atoms with Gasteiger partial charge in [-0.15, -0.1) is 0 Å². The van der Waals surface area contributed by atoms with E-state index in [0.717, 1.165) is 18.2 Å². The van der Waals surface area contributed by atoms with E-state index in [1.807, 2.05) is 0 Å². The Kier molecular flexibility index (Phi) is 4.44. The molecule has 0 radical (unpaired) electrons. The molecule has 1 atom stereocenters. The van der Waals surface area contributed by atoms with Gasteiger partial charge in [-0.25, -0.2) is 17.5 Å². The van der Waals surface area contributed by atoms with Gasteiger partial charge in [-0.1, -0.05) is 0 Å². The van der Waals surface area contributed by atoms with Crippen LogP contribution >= 0.6 is 0 Å². The molecule has 0 aliphatic heterocycles. The molecule has 0 aliphatic carbocycles. The molecular weight excluding hydrogens is 247 g/mol. The molecule has 1 rings (SSSR count). The Morgan fingerprint density at radius 2 is 2.18 bits per heavy atom. The molecule has 0 saturated heterocycles. The van der Waals surface area contributed by atoms with Crippen molar-refractivity contribution in [2.75, 3.05) is 12.3 Å². The summed E-state index contributed by atoms with van der Waals surface area (Å²) in [7, 11) is -3.78. The first-order chi connectivity index (χ1) is 7.86. The first-order valence-electron chi connectivity index (χ1n) is 5.05. The minimum atomic E-state index is -3.78. The minimum absolute atomic E-state index is 0.122. The number of rotatable bonds is 5. The van der Waals surface area contributed by atoms with Crippen molar-refractivity contribution in [2.24, 2.45) is 0 Å². The molecule has 0 spiro atoms. The van der Waals surface area contributed by atoms with Crippen molar-refractivity contribution < 1.29 is 17.9 Å². The number of benzene rings is 1. The zero-order valence-electron chi connectivity index (χ0n) is 9.35. The van der Waals surface area contributed by atoms with Crippen LogP contribution in [0, 0.1) is 5.82 Å². The van der Waals surface area contributed by atoms with E-state index >= 15 is 0 Å². The number of nitrogen functional groups attached to an aromatic ring is 1. The molecule has 0 aliphatic rings. The van der Waals surface area contributed by atoms with E-state index in [2.05, 4.69) is 4.72 Å². The van der Waals surface area contributed by atoms with E-state index in [0.29, 0.717) is 6.42 Å². The summed E-state index contributed by atoms with van der Waals surface area (Å²) in [5.41, 5.74) is 5.30. The van der Waals surface area contributed by atoms with Gasteiger partial charge in [0.05, 0.1) is 5.69 Å². The smallest absolute Gasteiger partial charge is 0.242 e. The largest absolute Gasteiger partial charge is 0.398 e. The molecule has 1 aromatic carbocycles. The van der Waals surface area contributed by atoms with Crippen molar-refractivity contribution >= 4 is 15.7 Å². The predicted molar refractivity (Wildman–Crippen MR) is 62.3 cm³/mol. The van der Waals surface area contributed by atoms with E-state index < -0.39 is 21.9 Å². The van der Waals surface area contributed by atoms with Crippen LogP contribution in [-0.2, 0) is 10.0 Å². The molecule has 7 heteroatoms. The second-order valence-electron chi connectivity index (χ2n) is 3.72. The molecule has 1 aromatic rings. The number of hydrogen-bond acceptors (Lipinski definition) is 4. The highest BCUT2D eigenvalue weighted by molar-refractivity contribution is 7.89. The monoisotopic (exact) mass is 262 g/mol. The third kappa shape index (κ3) is 3.65. The molecule has 0 saturated carbocycles. The third-order valence-corrected chi connectivity index (χ3v) is 3.84. The van der Waals surface area contributed by atoms with Gasteiger partial charge in [0.1, 0.15) is 10.7 Å². The van der Waals surface area contributed by atoms with Crippen molar-refractivity contribution in [2.45, 2.75) is 24.3 Å². The van der Waals surface area contributed by atoms with Crippen LogP contribution in [-0.4, -0.2) is 26.2 Å². The normalized spacial score (nSPS) is 13.6. The first-order valence-corrected chi connectivity index (χ1v) is 6.53. The predicted octanol–water partition coefficient (Wildman–Crippen LogP) is 0.457. The summed E-state index contributed by atoms with van der Waals surface area (Å²) >= 11 is 0. The highest BCUT2D eigenvalue weighted by Crippen LogP contribution is 2.19. The van der Waals surface area contributed by atoms with E-state index in [-0.39, 0.29) is 17.2 Å². The Morgan fingerprint density at radius 3 is 2.71 bits per heavy atom. The average Bonchev–Trinajstić information content (AvgIpc) is 2.15. The number of hydrogen-bond donors (Lipinski definition) is 3. The standard InChI is InChI=1S/C10H15FN2O3S/c1-7(4-5-14)13-17(15,16)10-3-2-8(11)6-9(10)12/h2-3,6-7,13-14H,4-5,12H2,1H3. The maximum absolute atomic E-state index is 12.8. The second-order valence-corrected chi connectivity index (χ2v) is 5.40. The fourth-order valence-corrected chi connectivity index (χ4v) is 2.74. The van der Waals surface area contributed by atoms with Gasteiger partial charge in [-0.3, -0.25) is 0 Å². The quantitative estimate of drug-likeness (QED) is 0.672. The fourth-order valence-electron chi connectivity index (χ4n) is 1.34. The van der Waals surface area contributed by atoms with Crippen LogP contribution < -0.4 is 10.5 Å². The number of nitrogens with two attached hydrogens (primary N) is 1. The van der Waals surface area contributed by atoms with E-state index in [1.54, 1.807) is 6.92 Å². The molecular formula is C10H15FN2O3S. The Morgan fingerprint density at radius 1 is 1.53 bits per heavy atom. The maximum atomic E-state index is 12.8. The molecule has 4 N–H and O–H groups in total. The van der Waals surface area contributed by atoms with Crippen molar-refractivity contribution in [3.05, 3.63) is 24.0 Å². The lowest BCUT2D eigenvalue weighted by atomic mass is 10.3. The fraction of sp³-hybridized carbons (Fsp3) is 0.400. The number of halogens is 1. The molecule has 1 unspecified atom stereocenters. The van der Waals surface area contributed by atoms with Gasteiger partial charge in [0, 0.05) is 12.6 Å². The summed E-state index contributed by atoms with van der Waals surface area (Å²) in [6.45, 7) is 1.50. The first kappa shape index (κ1) is 13.9. The number of aliphatic hydroxyl groups excluding tert-OH is 1. The van der Waals surface area contributed by atoms with Crippen LogP contribution in [0.15, 0.2) is 23.1 Å². The van der Waals surface area contributed by atoms with Crippen LogP contribution in [0.2, 0.25) is 0 Å². The molecule has 0 bridgehead atoms. The Bertz CT molecular complexity index is 490. The number of anilines is 1. The summed E-state index contributed by atoms with van der Waals surface area (Å²) in [5, 5.41) is 8.69.